The Morgan fingerprint density at radius 2 is 2.00 bits per heavy atom. The van der Waals surface area contributed by atoms with Gasteiger partial charge in [-0.2, -0.15) is 0 Å². The summed E-state index contributed by atoms with van der Waals surface area (Å²) in [6.45, 7) is 4.18. The number of carbonyl (C=O) groups excluding carboxylic acids is 1. The molecular formula is C19H27ClN2O3. The van der Waals surface area contributed by atoms with Gasteiger partial charge in [0.2, 0.25) is 0 Å². The van der Waals surface area contributed by atoms with Crippen molar-refractivity contribution < 1.29 is 14.3 Å². The number of halogens is 1. The number of hydrogen-bond donors (Lipinski definition) is 1. The molecule has 0 radical (unpaired) electrons. The van der Waals surface area contributed by atoms with Crippen LogP contribution in [0.2, 0.25) is 5.02 Å². The van der Waals surface area contributed by atoms with Crippen molar-refractivity contribution in [3.8, 4) is 5.75 Å². The van der Waals surface area contributed by atoms with E-state index in [2.05, 4.69) is 10.2 Å². The van der Waals surface area contributed by atoms with E-state index in [1.807, 2.05) is 6.07 Å². The maximum Gasteiger partial charge on any atom is 0.258 e. The molecule has 3 rings (SSSR count). The Kier molecular flexibility index (Phi) is 6.57. The highest BCUT2D eigenvalue weighted by Crippen LogP contribution is 2.33. The van der Waals surface area contributed by atoms with E-state index in [-0.39, 0.29) is 18.1 Å². The number of nitrogens with one attached hydrogen (secondary N) is 1. The first-order valence-corrected chi connectivity index (χ1v) is 9.54. The van der Waals surface area contributed by atoms with Gasteiger partial charge < -0.3 is 14.8 Å². The van der Waals surface area contributed by atoms with Crippen LogP contribution >= 0.6 is 11.6 Å². The van der Waals surface area contributed by atoms with Gasteiger partial charge in [-0.15, -0.1) is 0 Å². The minimum atomic E-state index is -0.0850. The van der Waals surface area contributed by atoms with Gasteiger partial charge in [-0.05, 0) is 31.0 Å². The van der Waals surface area contributed by atoms with Crippen LogP contribution in [0.25, 0.3) is 0 Å². The summed E-state index contributed by atoms with van der Waals surface area (Å²) in [5.41, 5.74) is 0.0771. The highest BCUT2D eigenvalue weighted by atomic mass is 35.5. The molecule has 0 spiro atoms. The lowest BCUT2D eigenvalue weighted by atomic mass is 9.79. The topological polar surface area (TPSA) is 50.8 Å². The molecule has 1 aromatic carbocycles. The predicted molar refractivity (Wildman–Crippen MR) is 98.2 cm³/mol. The molecule has 0 bridgehead atoms. The third kappa shape index (κ3) is 5.09. The zero-order valence-corrected chi connectivity index (χ0v) is 15.4. The van der Waals surface area contributed by atoms with E-state index in [0.717, 1.165) is 39.1 Å². The summed E-state index contributed by atoms with van der Waals surface area (Å²) in [6, 6.07) is 7.11. The third-order valence-corrected chi connectivity index (χ3v) is 5.48. The summed E-state index contributed by atoms with van der Waals surface area (Å²) in [5.74, 6) is 0.529. The normalized spacial score (nSPS) is 20.8. The lowest BCUT2D eigenvalue weighted by Crippen LogP contribution is -2.60. The number of hydrogen-bond acceptors (Lipinski definition) is 4. The van der Waals surface area contributed by atoms with E-state index in [1.54, 1.807) is 18.2 Å². The second-order valence-corrected chi connectivity index (χ2v) is 7.34. The quantitative estimate of drug-likeness (QED) is 0.841. The number of amides is 1. The van der Waals surface area contributed by atoms with Gasteiger partial charge in [-0.1, -0.05) is 36.9 Å². The molecule has 1 heterocycles. The molecule has 1 aliphatic heterocycles. The van der Waals surface area contributed by atoms with Gasteiger partial charge in [0, 0.05) is 30.2 Å². The molecule has 138 valence electrons. The summed E-state index contributed by atoms with van der Waals surface area (Å²) < 4.78 is 11.0. The molecule has 1 N–H and O–H groups in total. The molecule has 1 amide bonds. The number of benzene rings is 1. The van der Waals surface area contributed by atoms with Crippen molar-refractivity contribution in [2.45, 2.75) is 37.6 Å². The summed E-state index contributed by atoms with van der Waals surface area (Å²) in [6.07, 6.45) is 6.03. The molecule has 1 saturated heterocycles. The van der Waals surface area contributed by atoms with Crippen LogP contribution in [0.5, 0.6) is 5.75 Å². The SMILES string of the molecule is O=C(COc1cccc(Cl)c1)NCC1(N2CCOCC2)CCCCC1. The molecule has 0 unspecified atom stereocenters. The van der Waals surface area contributed by atoms with E-state index in [1.165, 1.54) is 19.3 Å². The number of morpholine rings is 1. The van der Waals surface area contributed by atoms with Gasteiger partial charge in [-0.3, -0.25) is 9.69 Å². The van der Waals surface area contributed by atoms with Crippen molar-refractivity contribution in [3.05, 3.63) is 29.3 Å². The Morgan fingerprint density at radius 3 is 2.72 bits per heavy atom. The molecule has 6 heteroatoms. The zero-order chi connectivity index (χ0) is 17.5. The fourth-order valence-corrected chi connectivity index (χ4v) is 4.05. The zero-order valence-electron chi connectivity index (χ0n) is 14.6. The first-order chi connectivity index (χ1) is 12.2. The van der Waals surface area contributed by atoms with Crippen LogP contribution in [0.15, 0.2) is 24.3 Å². The molecule has 1 aliphatic carbocycles. The van der Waals surface area contributed by atoms with Gasteiger partial charge in [0.15, 0.2) is 6.61 Å². The molecule has 0 atom stereocenters. The highest BCUT2D eigenvalue weighted by molar-refractivity contribution is 6.30. The fraction of sp³-hybridized carbons (Fsp3) is 0.632. The molecule has 0 aromatic heterocycles. The van der Waals surface area contributed by atoms with Crippen LogP contribution < -0.4 is 10.1 Å². The first-order valence-electron chi connectivity index (χ1n) is 9.16. The van der Waals surface area contributed by atoms with E-state index >= 15 is 0 Å². The van der Waals surface area contributed by atoms with Gasteiger partial charge >= 0.3 is 0 Å². The van der Waals surface area contributed by atoms with Gasteiger partial charge in [-0.25, -0.2) is 0 Å². The maximum atomic E-state index is 12.3. The van der Waals surface area contributed by atoms with Gasteiger partial charge in [0.1, 0.15) is 5.75 Å². The number of ether oxygens (including phenoxy) is 2. The Labute approximate surface area is 154 Å². The largest absolute Gasteiger partial charge is 0.484 e. The minimum Gasteiger partial charge on any atom is -0.484 e. The van der Waals surface area contributed by atoms with E-state index in [9.17, 15) is 4.79 Å². The maximum absolute atomic E-state index is 12.3. The standard InChI is InChI=1S/C19H27ClN2O3/c20-16-5-4-6-17(13-16)25-14-18(23)21-15-19(7-2-1-3-8-19)22-9-11-24-12-10-22/h4-6,13H,1-3,7-12,14-15H2,(H,21,23). The number of rotatable bonds is 6. The predicted octanol–water partition coefficient (Wildman–Crippen LogP) is 2.87. The van der Waals surface area contributed by atoms with Crippen molar-refractivity contribution in [1.29, 1.82) is 0 Å². The van der Waals surface area contributed by atoms with Crippen LogP contribution in [0.3, 0.4) is 0 Å². The van der Waals surface area contributed by atoms with Crippen LogP contribution in [-0.4, -0.2) is 55.8 Å². The Hall–Kier alpha value is -1.30. The summed E-state index contributed by atoms with van der Waals surface area (Å²) in [5, 5.41) is 3.70. The summed E-state index contributed by atoms with van der Waals surface area (Å²) in [4.78, 5) is 14.8. The Bertz CT molecular complexity index is 570. The van der Waals surface area contributed by atoms with Crippen LogP contribution in [0.1, 0.15) is 32.1 Å². The second kappa shape index (κ2) is 8.88. The van der Waals surface area contributed by atoms with Crippen LogP contribution in [0.4, 0.5) is 0 Å². The van der Waals surface area contributed by atoms with Gasteiger partial charge in [0.25, 0.3) is 5.91 Å². The van der Waals surface area contributed by atoms with Crippen molar-refractivity contribution in [2.75, 3.05) is 39.5 Å². The molecule has 1 saturated carbocycles. The molecule has 25 heavy (non-hydrogen) atoms. The average molecular weight is 367 g/mol. The Morgan fingerprint density at radius 1 is 1.24 bits per heavy atom. The monoisotopic (exact) mass is 366 g/mol. The third-order valence-electron chi connectivity index (χ3n) is 5.25. The van der Waals surface area contributed by atoms with E-state index < -0.39 is 0 Å². The van der Waals surface area contributed by atoms with Crippen molar-refractivity contribution in [1.82, 2.24) is 10.2 Å². The van der Waals surface area contributed by atoms with E-state index in [0.29, 0.717) is 17.3 Å². The molecular weight excluding hydrogens is 340 g/mol. The lowest BCUT2D eigenvalue weighted by Gasteiger charge is -2.48. The summed E-state index contributed by atoms with van der Waals surface area (Å²) >= 11 is 5.93. The van der Waals surface area contributed by atoms with E-state index in [4.69, 9.17) is 21.1 Å². The van der Waals surface area contributed by atoms with Gasteiger partial charge in [0.05, 0.1) is 13.2 Å². The molecule has 5 nitrogen and oxygen atoms in total. The van der Waals surface area contributed by atoms with Crippen LogP contribution in [-0.2, 0) is 9.53 Å². The number of carbonyl (C=O) groups is 1. The summed E-state index contributed by atoms with van der Waals surface area (Å²) in [7, 11) is 0. The van der Waals surface area contributed by atoms with Crippen molar-refractivity contribution >= 4 is 17.5 Å². The highest BCUT2D eigenvalue weighted by Gasteiger charge is 2.38. The fourth-order valence-electron chi connectivity index (χ4n) is 3.87. The molecule has 2 fully saturated rings. The Balaban J connectivity index is 1.52. The van der Waals surface area contributed by atoms with Crippen molar-refractivity contribution in [2.24, 2.45) is 0 Å². The number of nitrogens with zero attached hydrogens (tertiary/aromatic N) is 1. The smallest absolute Gasteiger partial charge is 0.258 e. The lowest BCUT2D eigenvalue weighted by molar-refractivity contribution is -0.124. The molecule has 1 aromatic rings. The minimum absolute atomic E-state index is 0.0134. The molecule has 2 aliphatic rings. The van der Waals surface area contributed by atoms with Crippen molar-refractivity contribution in [3.63, 3.8) is 0 Å². The average Bonchev–Trinajstić information content (AvgIpc) is 2.66. The first kappa shape index (κ1) is 18.5. The second-order valence-electron chi connectivity index (χ2n) is 6.91. The van der Waals surface area contributed by atoms with Crippen LogP contribution in [0, 0.1) is 0 Å².